The molecule has 1 aliphatic rings. The van der Waals surface area contributed by atoms with Crippen molar-refractivity contribution >= 4 is 11.4 Å². The monoisotopic (exact) mass is 202 g/mol. The van der Waals surface area contributed by atoms with E-state index in [1.54, 1.807) is 0 Å². The molecule has 0 bridgehead atoms. The molecule has 2 heteroatoms. The first-order chi connectivity index (χ1) is 6.97. The number of hydrogen-bond donors (Lipinski definition) is 0. The molecule has 0 N–H and O–H groups in total. The second-order valence-corrected chi connectivity index (χ2v) is 5.10. The lowest BCUT2D eigenvalue weighted by Crippen LogP contribution is -2.20. The summed E-state index contributed by atoms with van der Waals surface area (Å²) < 4.78 is 0. The van der Waals surface area contributed by atoms with E-state index in [1.807, 2.05) is 0 Å². The van der Waals surface area contributed by atoms with Crippen LogP contribution in [0.2, 0.25) is 0 Å². The molecule has 0 aliphatic carbocycles. The summed E-state index contributed by atoms with van der Waals surface area (Å²) in [6.07, 6.45) is 0. The molecule has 0 saturated heterocycles. The summed E-state index contributed by atoms with van der Waals surface area (Å²) in [6, 6.07) is 8.47. The van der Waals surface area contributed by atoms with Gasteiger partial charge < -0.3 is 4.90 Å². The van der Waals surface area contributed by atoms with Gasteiger partial charge in [-0.2, -0.15) is 0 Å². The molecule has 0 unspecified atom stereocenters. The number of hydrogen-bond acceptors (Lipinski definition) is 2. The van der Waals surface area contributed by atoms with E-state index in [2.05, 4.69) is 57.0 Å². The smallest absolute Gasteiger partial charge is 0.0641 e. The SMILES string of the molecule is CN1CC(=NC(C)(C)C)c2ccccc21. The predicted octanol–water partition coefficient (Wildman–Crippen LogP) is 2.72. The standard InChI is InChI=1S/C13H18N2/c1-13(2,3)14-11-9-15(4)12-8-6-5-7-10(11)12/h5-8H,9H2,1-4H3. The quantitative estimate of drug-likeness (QED) is 0.631. The molecule has 1 aromatic carbocycles. The Morgan fingerprint density at radius 2 is 1.87 bits per heavy atom. The van der Waals surface area contributed by atoms with Crippen molar-refractivity contribution < 1.29 is 0 Å². The minimum Gasteiger partial charge on any atom is -0.368 e. The van der Waals surface area contributed by atoms with Crippen LogP contribution in [0.25, 0.3) is 0 Å². The van der Waals surface area contributed by atoms with E-state index < -0.39 is 0 Å². The number of benzene rings is 1. The normalized spacial score (nSPS) is 18.4. The predicted molar refractivity (Wildman–Crippen MR) is 66.0 cm³/mol. The molecule has 15 heavy (non-hydrogen) atoms. The molecule has 0 fully saturated rings. The molecule has 0 radical (unpaired) electrons. The highest BCUT2D eigenvalue weighted by atomic mass is 15.1. The van der Waals surface area contributed by atoms with Crippen LogP contribution in [0.5, 0.6) is 0 Å². The molecule has 1 heterocycles. The van der Waals surface area contributed by atoms with Crippen LogP contribution in [0, 0.1) is 0 Å². The highest BCUT2D eigenvalue weighted by Gasteiger charge is 2.23. The zero-order chi connectivity index (χ0) is 11.1. The number of nitrogens with zero attached hydrogens (tertiary/aromatic N) is 2. The lowest BCUT2D eigenvalue weighted by atomic mass is 10.1. The number of anilines is 1. The molecule has 0 amide bonds. The average molecular weight is 202 g/mol. The van der Waals surface area contributed by atoms with Crippen LogP contribution in [-0.4, -0.2) is 24.8 Å². The van der Waals surface area contributed by atoms with Crippen LogP contribution >= 0.6 is 0 Å². The number of fused-ring (bicyclic) bond motifs is 1. The molecular weight excluding hydrogens is 184 g/mol. The first-order valence-electron chi connectivity index (χ1n) is 5.37. The van der Waals surface area contributed by atoms with Gasteiger partial charge in [0.25, 0.3) is 0 Å². The zero-order valence-electron chi connectivity index (χ0n) is 9.91. The van der Waals surface area contributed by atoms with Crippen LogP contribution < -0.4 is 4.90 Å². The van der Waals surface area contributed by atoms with Gasteiger partial charge in [0.05, 0.1) is 17.8 Å². The second kappa shape index (κ2) is 3.37. The Morgan fingerprint density at radius 1 is 1.20 bits per heavy atom. The van der Waals surface area contributed by atoms with Crippen molar-refractivity contribution in [3.8, 4) is 0 Å². The van der Waals surface area contributed by atoms with Crippen molar-refractivity contribution in [1.82, 2.24) is 0 Å². The van der Waals surface area contributed by atoms with Crippen molar-refractivity contribution in [3.05, 3.63) is 29.8 Å². The van der Waals surface area contributed by atoms with E-state index in [0.717, 1.165) is 6.54 Å². The fourth-order valence-electron chi connectivity index (χ4n) is 1.95. The number of para-hydroxylation sites is 1. The molecule has 0 atom stereocenters. The van der Waals surface area contributed by atoms with Gasteiger partial charge in [-0.1, -0.05) is 18.2 Å². The average Bonchev–Trinajstić information content (AvgIpc) is 2.42. The van der Waals surface area contributed by atoms with Gasteiger partial charge in [0.2, 0.25) is 0 Å². The van der Waals surface area contributed by atoms with E-state index in [1.165, 1.54) is 17.0 Å². The van der Waals surface area contributed by atoms with Gasteiger partial charge in [0.1, 0.15) is 0 Å². The Bertz CT molecular complexity index is 399. The van der Waals surface area contributed by atoms with Crippen LogP contribution in [0.1, 0.15) is 26.3 Å². The van der Waals surface area contributed by atoms with E-state index in [4.69, 9.17) is 4.99 Å². The molecule has 1 aliphatic heterocycles. The van der Waals surface area contributed by atoms with E-state index in [-0.39, 0.29) is 5.54 Å². The van der Waals surface area contributed by atoms with Gasteiger partial charge in [0.15, 0.2) is 0 Å². The fourth-order valence-corrected chi connectivity index (χ4v) is 1.95. The largest absolute Gasteiger partial charge is 0.368 e. The second-order valence-electron chi connectivity index (χ2n) is 5.10. The van der Waals surface area contributed by atoms with Gasteiger partial charge in [-0.05, 0) is 26.8 Å². The van der Waals surface area contributed by atoms with Gasteiger partial charge in [0, 0.05) is 18.3 Å². The maximum atomic E-state index is 4.78. The minimum absolute atomic E-state index is 0.00756. The Labute approximate surface area is 91.6 Å². The molecule has 2 rings (SSSR count). The minimum atomic E-state index is 0.00756. The summed E-state index contributed by atoms with van der Waals surface area (Å²) in [4.78, 5) is 7.02. The van der Waals surface area contributed by atoms with E-state index >= 15 is 0 Å². The van der Waals surface area contributed by atoms with Crippen LogP contribution in [0.3, 0.4) is 0 Å². The van der Waals surface area contributed by atoms with Crippen LogP contribution in [-0.2, 0) is 0 Å². The first kappa shape index (κ1) is 10.2. The third-order valence-electron chi connectivity index (χ3n) is 2.48. The summed E-state index contributed by atoms with van der Waals surface area (Å²) in [5.41, 5.74) is 3.80. The molecular formula is C13H18N2. The summed E-state index contributed by atoms with van der Waals surface area (Å²) in [5.74, 6) is 0. The molecule has 0 aromatic heterocycles. The van der Waals surface area contributed by atoms with Crippen molar-refractivity contribution in [2.24, 2.45) is 4.99 Å². The molecule has 1 aromatic rings. The highest BCUT2D eigenvalue weighted by Crippen LogP contribution is 2.27. The maximum Gasteiger partial charge on any atom is 0.0641 e. The summed E-state index contributed by atoms with van der Waals surface area (Å²) in [7, 11) is 2.12. The zero-order valence-corrected chi connectivity index (χ0v) is 9.91. The van der Waals surface area contributed by atoms with Crippen molar-refractivity contribution in [1.29, 1.82) is 0 Å². The lowest BCUT2D eigenvalue weighted by Gasteiger charge is -2.14. The summed E-state index contributed by atoms with van der Waals surface area (Å²) in [5, 5.41) is 0. The molecule has 0 saturated carbocycles. The Hall–Kier alpha value is -1.31. The topological polar surface area (TPSA) is 15.6 Å². The number of rotatable bonds is 0. The molecule has 0 spiro atoms. The number of aliphatic imine (C=N–C) groups is 1. The summed E-state index contributed by atoms with van der Waals surface area (Å²) >= 11 is 0. The first-order valence-corrected chi connectivity index (χ1v) is 5.37. The van der Waals surface area contributed by atoms with Crippen LogP contribution in [0.15, 0.2) is 29.3 Å². The molecule has 2 nitrogen and oxygen atoms in total. The van der Waals surface area contributed by atoms with Crippen LogP contribution in [0.4, 0.5) is 5.69 Å². The highest BCUT2D eigenvalue weighted by molar-refractivity contribution is 6.11. The van der Waals surface area contributed by atoms with Gasteiger partial charge in [-0.3, -0.25) is 4.99 Å². The van der Waals surface area contributed by atoms with Gasteiger partial charge in [-0.15, -0.1) is 0 Å². The van der Waals surface area contributed by atoms with E-state index in [9.17, 15) is 0 Å². The third kappa shape index (κ3) is 2.04. The lowest BCUT2D eigenvalue weighted by molar-refractivity contribution is 0.583. The van der Waals surface area contributed by atoms with E-state index in [0.29, 0.717) is 0 Å². The van der Waals surface area contributed by atoms with Crippen molar-refractivity contribution in [2.75, 3.05) is 18.5 Å². The van der Waals surface area contributed by atoms with Crippen molar-refractivity contribution in [2.45, 2.75) is 26.3 Å². The van der Waals surface area contributed by atoms with Gasteiger partial charge in [-0.25, -0.2) is 0 Å². The number of likely N-dealkylation sites (N-methyl/N-ethyl adjacent to an activating group) is 1. The fraction of sp³-hybridized carbons (Fsp3) is 0.462. The Balaban J connectivity index is 2.45. The maximum absolute atomic E-state index is 4.78. The molecule has 80 valence electrons. The van der Waals surface area contributed by atoms with Crippen molar-refractivity contribution in [3.63, 3.8) is 0 Å². The Morgan fingerprint density at radius 3 is 2.53 bits per heavy atom. The Kier molecular flexibility index (Phi) is 2.29. The summed E-state index contributed by atoms with van der Waals surface area (Å²) in [6.45, 7) is 7.35. The third-order valence-corrected chi connectivity index (χ3v) is 2.48. The van der Waals surface area contributed by atoms with Gasteiger partial charge >= 0.3 is 0 Å².